The lowest BCUT2D eigenvalue weighted by atomic mass is 10.4. The van der Waals surface area contributed by atoms with E-state index in [2.05, 4.69) is 15.5 Å². The van der Waals surface area contributed by atoms with Gasteiger partial charge in [0.2, 0.25) is 11.8 Å². The number of aromatic nitrogens is 3. The predicted molar refractivity (Wildman–Crippen MR) is 62.9 cm³/mol. The molecule has 94 valence electrons. The Bertz CT molecular complexity index is 568. The third-order valence-electron chi connectivity index (χ3n) is 2.99. The molecule has 0 spiro atoms. The lowest BCUT2D eigenvalue weighted by Gasteiger charge is -2.03. The molecule has 1 aliphatic rings. The van der Waals surface area contributed by atoms with Crippen LogP contribution in [0.25, 0.3) is 0 Å². The second-order valence-electron chi connectivity index (χ2n) is 4.50. The maximum atomic E-state index is 11.8. The minimum absolute atomic E-state index is 0.145. The van der Waals surface area contributed by atoms with Crippen molar-refractivity contribution in [2.24, 2.45) is 7.05 Å². The minimum atomic E-state index is -0.145. The Morgan fingerprint density at radius 3 is 3.06 bits per heavy atom. The molecule has 6 heteroatoms. The average molecular weight is 246 g/mol. The van der Waals surface area contributed by atoms with Gasteiger partial charge in [0, 0.05) is 19.2 Å². The average Bonchev–Trinajstić information content (AvgIpc) is 2.95. The van der Waals surface area contributed by atoms with E-state index in [0.717, 1.165) is 12.8 Å². The number of carbonyl (C=O) groups is 1. The van der Waals surface area contributed by atoms with Crippen LogP contribution >= 0.6 is 0 Å². The lowest BCUT2D eigenvalue weighted by Crippen LogP contribution is -2.24. The Morgan fingerprint density at radius 2 is 2.39 bits per heavy atom. The molecule has 2 heterocycles. The summed E-state index contributed by atoms with van der Waals surface area (Å²) in [5.74, 6) is 1.45. The van der Waals surface area contributed by atoms with Gasteiger partial charge in [-0.2, -0.15) is 0 Å². The summed E-state index contributed by atoms with van der Waals surface area (Å²) in [6.45, 7) is 0.268. The quantitative estimate of drug-likeness (QED) is 0.880. The predicted octanol–water partition coefficient (Wildman–Crippen LogP) is 1.22. The van der Waals surface area contributed by atoms with Gasteiger partial charge in [-0.1, -0.05) is 0 Å². The first-order valence-electron chi connectivity index (χ1n) is 5.96. The van der Waals surface area contributed by atoms with E-state index in [1.807, 2.05) is 19.3 Å². The zero-order chi connectivity index (χ0) is 12.5. The summed E-state index contributed by atoms with van der Waals surface area (Å²) < 4.78 is 7.22. The highest BCUT2D eigenvalue weighted by Crippen LogP contribution is 2.38. The number of hydrogen-bond acceptors (Lipinski definition) is 4. The lowest BCUT2D eigenvalue weighted by molar-refractivity contribution is 0.0939. The number of nitrogens with zero attached hydrogens (tertiary/aromatic N) is 3. The van der Waals surface area contributed by atoms with Gasteiger partial charge in [0.1, 0.15) is 5.69 Å². The molecule has 0 aromatic carbocycles. The van der Waals surface area contributed by atoms with Crippen LogP contribution in [0.1, 0.15) is 41.0 Å². The molecule has 3 rings (SSSR count). The number of rotatable bonds is 4. The summed E-state index contributed by atoms with van der Waals surface area (Å²) in [6, 6.07) is 3.59. The summed E-state index contributed by atoms with van der Waals surface area (Å²) in [7, 11) is 1.83. The van der Waals surface area contributed by atoms with Crippen LogP contribution in [0.3, 0.4) is 0 Å². The monoisotopic (exact) mass is 246 g/mol. The van der Waals surface area contributed by atoms with E-state index in [1.54, 1.807) is 10.6 Å². The van der Waals surface area contributed by atoms with Crippen LogP contribution in [0.2, 0.25) is 0 Å². The molecule has 18 heavy (non-hydrogen) atoms. The Morgan fingerprint density at radius 1 is 1.56 bits per heavy atom. The molecule has 0 unspecified atom stereocenters. The molecule has 0 saturated heterocycles. The normalized spacial score (nSPS) is 14.7. The maximum Gasteiger partial charge on any atom is 0.268 e. The Labute approximate surface area is 104 Å². The molecule has 2 aromatic heterocycles. The smallest absolute Gasteiger partial charge is 0.268 e. The molecule has 1 N–H and O–H groups in total. The van der Waals surface area contributed by atoms with E-state index in [0.29, 0.717) is 23.4 Å². The fourth-order valence-corrected chi connectivity index (χ4v) is 1.78. The van der Waals surface area contributed by atoms with Crippen molar-refractivity contribution in [2.75, 3.05) is 0 Å². The summed E-state index contributed by atoms with van der Waals surface area (Å²) in [4.78, 5) is 11.8. The van der Waals surface area contributed by atoms with Crippen LogP contribution in [0.4, 0.5) is 0 Å². The standard InChI is InChI=1S/C12H14N4O2/c1-16-6-2-3-9(16)11(17)13-7-10-14-15-12(18-10)8-4-5-8/h2-3,6,8H,4-5,7H2,1H3,(H,13,17). The molecular weight excluding hydrogens is 232 g/mol. The molecule has 0 radical (unpaired) electrons. The van der Waals surface area contributed by atoms with Gasteiger partial charge in [-0.3, -0.25) is 4.79 Å². The number of amides is 1. The van der Waals surface area contributed by atoms with Gasteiger partial charge in [0.25, 0.3) is 5.91 Å². The first kappa shape index (κ1) is 11.0. The summed E-state index contributed by atoms with van der Waals surface area (Å²) >= 11 is 0. The second kappa shape index (κ2) is 4.29. The van der Waals surface area contributed by atoms with Gasteiger partial charge in [-0.15, -0.1) is 10.2 Å². The highest BCUT2D eigenvalue weighted by atomic mass is 16.4. The van der Waals surface area contributed by atoms with Crippen LogP contribution in [-0.2, 0) is 13.6 Å². The van der Waals surface area contributed by atoms with Crippen LogP contribution in [0, 0.1) is 0 Å². The van der Waals surface area contributed by atoms with E-state index in [4.69, 9.17) is 4.42 Å². The molecule has 1 aliphatic carbocycles. The van der Waals surface area contributed by atoms with E-state index in [9.17, 15) is 4.79 Å². The van der Waals surface area contributed by atoms with E-state index < -0.39 is 0 Å². The number of nitrogens with one attached hydrogen (secondary N) is 1. The Hall–Kier alpha value is -2.11. The van der Waals surface area contributed by atoms with Crippen molar-refractivity contribution in [1.29, 1.82) is 0 Å². The third-order valence-corrected chi connectivity index (χ3v) is 2.99. The van der Waals surface area contributed by atoms with Crippen LogP contribution in [-0.4, -0.2) is 20.7 Å². The SMILES string of the molecule is Cn1cccc1C(=O)NCc1nnc(C2CC2)o1. The highest BCUT2D eigenvalue weighted by Gasteiger charge is 2.29. The largest absolute Gasteiger partial charge is 0.423 e. The molecule has 0 bridgehead atoms. The number of aryl methyl sites for hydroxylation is 1. The summed E-state index contributed by atoms with van der Waals surface area (Å²) in [6.07, 6.45) is 4.07. The topological polar surface area (TPSA) is 73.0 Å². The molecule has 0 aliphatic heterocycles. The highest BCUT2D eigenvalue weighted by molar-refractivity contribution is 5.92. The first-order valence-corrected chi connectivity index (χ1v) is 5.96. The zero-order valence-electron chi connectivity index (χ0n) is 10.1. The molecule has 0 atom stereocenters. The van der Waals surface area contributed by atoms with Gasteiger partial charge < -0.3 is 14.3 Å². The molecule has 1 saturated carbocycles. The van der Waals surface area contributed by atoms with Crippen molar-refractivity contribution < 1.29 is 9.21 Å². The van der Waals surface area contributed by atoms with Gasteiger partial charge in [0.15, 0.2) is 0 Å². The van der Waals surface area contributed by atoms with Crippen LogP contribution in [0.5, 0.6) is 0 Å². The van der Waals surface area contributed by atoms with E-state index in [-0.39, 0.29) is 12.5 Å². The molecule has 6 nitrogen and oxygen atoms in total. The van der Waals surface area contributed by atoms with Gasteiger partial charge >= 0.3 is 0 Å². The van der Waals surface area contributed by atoms with Crippen molar-refractivity contribution in [3.8, 4) is 0 Å². The fraction of sp³-hybridized carbons (Fsp3) is 0.417. The number of hydrogen-bond donors (Lipinski definition) is 1. The summed E-state index contributed by atoms with van der Waals surface area (Å²) in [5, 5.41) is 10.6. The van der Waals surface area contributed by atoms with Crippen molar-refractivity contribution in [3.05, 3.63) is 35.8 Å². The maximum absolute atomic E-state index is 11.8. The van der Waals surface area contributed by atoms with Gasteiger partial charge in [0.05, 0.1) is 6.54 Å². The molecule has 1 amide bonds. The van der Waals surface area contributed by atoms with Crippen molar-refractivity contribution in [3.63, 3.8) is 0 Å². The van der Waals surface area contributed by atoms with Crippen LogP contribution in [0.15, 0.2) is 22.7 Å². The van der Waals surface area contributed by atoms with E-state index >= 15 is 0 Å². The minimum Gasteiger partial charge on any atom is -0.423 e. The van der Waals surface area contributed by atoms with E-state index in [1.165, 1.54) is 0 Å². The van der Waals surface area contributed by atoms with Gasteiger partial charge in [-0.05, 0) is 25.0 Å². The molecule has 2 aromatic rings. The van der Waals surface area contributed by atoms with Crippen LogP contribution < -0.4 is 5.32 Å². The first-order chi connectivity index (χ1) is 8.74. The Kier molecular flexibility index (Phi) is 2.62. The number of carbonyl (C=O) groups excluding carboxylic acids is 1. The molecular formula is C12H14N4O2. The third kappa shape index (κ3) is 2.13. The summed E-state index contributed by atoms with van der Waals surface area (Å²) in [5.41, 5.74) is 0.608. The Balaban J connectivity index is 1.60. The van der Waals surface area contributed by atoms with Crippen molar-refractivity contribution in [1.82, 2.24) is 20.1 Å². The van der Waals surface area contributed by atoms with Gasteiger partial charge in [-0.25, -0.2) is 0 Å². The van der Waals surface area contributed by atoms with Crippen molar-refractivity contribution >= 4 is 5.91 Å². The van der Waals surface area contributed by atoms with Crippen molar-refractivity contribution in [2.45, 2.75) is 25.3 Å². The molecule has 1 fully saturated rings. The zero-order valence-corrected chi connectivity index (χ0v) is 10.1. The fourth-order valence-electron chi connectivity index (χ4n) is 1.78. The second-order valence-corrected chi connectivity index (χ2v) is 4.50.